The molecule has 2 saturated heterocycles. The molecule has 3 aromatic rings. The van der Waals surface area contributed by atoms with Gasteiger partial charge >= 0.3 is 0 Å². The van der Waals surface area contributed by atoms with Crippen molar-refractivity contribution >= 4 is 32.7 Å². The largest absolute Gasteiger partial charge is 0.372 e. The highest BCUT2D eigenvalue weighted by Gasteiger charge is 2.49. The molecule has 2 fully saturated rings. The van der Waals surface area contributed by atoms with Crippen molar-refractivity contribution in [1.82, 2.24) is 29.6 Å². The minimum absolute atomic E-state index is 0.0645. The lowest BCUT2D eigenvalue weighted by molar-refractivity contribution is -0.102. The summed E-state index contributed by atoms with van der Waals surface area (Å²) in [7, 11) is -4.18. The fourth-order valence-electron chi connectivity index (χ4n) is 4.52. The minimum atomic E-state index is -4.18. The maximum atomic E-state index is 13.5. The molecule has 36 heavy (non-hydrogen) atoms. The first kappa shape index (κ1) is 24.9. The van der Waals surface area contributed by atoms with Crippen LogP contribution in [0.4, 0.5) is 14.6 Å². The predicted molar refractivity (Wildman–Crippen MR) is 127 cm³/mol. The number of nitriles is 1. The molecular weight excluding hydrogens is 514 g/mol. The van der Waals surface area contributed by atoms with Gasteiger partial charge in [0.15, 0.2) is 15.6 Å². The number of alkyl halides is 2. The lowest BCUT2D eigenvalue weighted by Gasteiger charge is -2.42. The van der Waals surface area contributed by atoms with Crippen molar-refractivity contribution in [1.29, 1.82) is 5.26 Å². The topological polar surface area (TPSA) is 138 Å². The molecule has 5 rings (SSSR count). The van der Waals surface area contributed by atoms with Gasteiger partial charge in [0.1, 0.15) is 17.8 Å². The summed E-state index contributed by atoms with van der Waals surface area (Å²) in [4.78, 5) is 6.34. The second-order valence-electron chi connectivity index (χ2n) is 9.16. The van der Waals surface area contributed by atoms with E-state index in [9.17, 15) is 22.5 Å². The lowest BCUT2D eigenvalue weighted by Crippen LogP contribution is -2.66. The van der Waals surface area contributed by atoms with Gasteiger partial charge < -0.3 is 15.0 Å². The van der Waals surface area contributed by atoms with Crippen LogP contribution in [0, 0.1) is 11.3 Å². The number of pyridine rings is 1. The molecule has 5 heterocycles. The van der Waals surface area contributed by atoms with E-state index < -0.39 is 33.1 Å². The Balaban J connectivity index is 1.66. The van der Waals surface area contributed by atoms with Crippen molar-refractivity contribution in [2.24, 2.45) is 0 Å². The van der Waals surface area contributed by atoms with Crippen LogP contribution in [-0.4, -0.2) is 71.4 Å². The van der Waals surface area contributed by atoms with Gasteiger partial charge in [0.05, 0.1) is 29.2 Å². The number of ether oxygens (including phenoxy) is 1. The number of sulfonamides is 1. The Kier molecular flexibility index (Phi) is 6.20. The fourth-order valence-corrected chi connectivity index (χ4v) is 6.62. The van der Waals surface area contributed by atoms with Crippen molar-refractivity contribution in [3.63, 3.8) is 0 Å². The fraction of sp³-hybridized carbons (Fsp3) is 0.524. The van der Waals surface area contributed by atoms with E-state index in [0.29, 0.717) is 35.8 Å². The van der Waals surface area contributed by atoms with E-state index in [-0.39, 0.29) is 34.3 Å². The number of rotatable bonds is 6. The summed E-state index contributed by atoms with van der Waals surface area (Å²) in [6, 6.07) is 5.23. The third-order valence-corrected chi connectivity index (χ3v) is 8.82. The van der Waals surface area contributed by atoms with Crippen LogP contribution in [0.1, 0.15) is 32.2 Å². The Morgan fingerprint density at radius 1 is 1.28 bits per heavy atom. The van der Waals surface area contributed by atoms with E-state index >= 15 is 0 Å². The molecule has 4 atom stereocenters. The number of piperazine rings is 1. The van der Waals surface area contributed by atoms with E-state index in [0.717, 1.165) is 0 Å². The van der Waals surface area contributed by atoms with Crippen LogP contribution in [0.25, 0.3) is 16.2 Å². The van der Waals surface area contributed by atoms with Crippen molar-refractivity contribution in [2.75, 3.05) is 24.6 Å². The van der Waals surface area contributed by atoms with E-state index in [2.05, 4.69) is 25.2 Å². The van der Waals surface area contributed by atoms with E-state index in [1.54, 1.807) is 11.3 Å². The first-order valence-corrected chi connectivity index (χ1v) is 13.5. The first-order valence-electron chi connectivity index (χ1n) is 11.2. The minimum Gasteiger partial charge on any atom is -0.372 e. The highest BCUT2D eigenvalue weighted by Crippen LogP contribution is 2.35. The maximum Gasteiger partial charge on any atom is 0.291 e. The summed E-state index contributed by atoms with van der Waals surface area (Å²) in [5.74, 6) is 0.564. The third kappa shape index (κ3) is 4.22. The molecule has 2 unspecified atom stereocenters. The van der Waals surface area contributed by atoms with Crippen LogP contribution < -0.4 is 14.9 Å². The van der Waals surface area contributed by atoms with Crippen LogP contribution in [0.2, 0.25) is 0 Å². The first-order chi connectivity index (χ1) is 17.0. The van der Waals surface area contributed by atoms with Crippen molar-refractivity contribution in [2.45, 2.75) is 55.8 Å². The molecule has 11 nitrogen and oxygen atoms in total. The Morgan fingerprint density at radius 3 is 2.56 bits per heavy atom. The number of hydrogen-bond acceptors (Lipinski definition) is 10. The summed E-state index contributed by atoms with van der Waals surface area (Å²) in [5.41, 5.74) is -0.769. The highest BCUT2D eigenvalue weighted by atomic mass is 32.2. The predicted octanol–water partition coefficient (Wildman–Crippen LogP) is 1.94. The lowest BCUT2D eigenvalue weighted by atomic mass is 9.92. The van der Waals surface area contributed by atoms with Crippen LogP contribution in [0.15, 0.2) is 23.4 Å². The van der Waals surface area contributed by atoms with Gasteiger partial charge in [-0.3, -0.25) is 4.40 Å². The van der Waals surface area contributed by atoms with Crippen LogP contribution in [-0.2, 0) is 14.8 Å². The number of fused-ring (bicyclic) bond motifs is 1. The van der Waals surface area contributed by atoms with Gasteiger partial charge in [-0.1, -0.05) is 11.3 Å². The number of hydrogen-bond donors (Lipinski definition) is 2. The summed E-state index contributed by atoms with van der Waals surface area (Å²) in [6.07, 6.45) is -1.88. The van der Waals surface area contributed by atoms with Crippen LogP contribution in [0.3, 0.4) is 0 Å². The van der Waals surface area contributed by atoms with E-state index in [1.165, 1.54) is 18.5 Å². The summed E-state index contributed by atoms with van der Waals surface area (Å²) in [5, 5.41) is 20.2. The zero-order chi connectivity index (χ0) is 25.8. The van der Waals surface area contributed by atoms with Gasteiger partial charge in [0.2, 0.25) is 10.0 Å². The third-order valence-electron chi connectivity index (χ3n) is 6.39. The molecule has 0 spiro atoms. The van der Waals surface area contributed by atoms with Gasteiger partial charge in [0.25, 0.3) is 6.43 Å². The number of halogens is 2. The maximum absolute atomic E-state index is 13.5. The van der Waals surface area contributed by atoms with Gasteiger partial charge in [-0.25, -0.2) is 22.2 Å². The second-order valence-corrected chi connectivity index (χ2v) is 11.9. The molecule has 2 aliphatic heterocycles. The van der Waals surface area contributed by atoms with Crippen LogP contribution >= 0.6 is 11.3 Å². The zero-order valence-electron chi connectivity index (χ0n) is 19.6. The monoisotopic (exact) mass is 538 g/mol. The van der Waals surface area contributed by atoms with E-state index in [4.69, 9.17) is 4.74 Å². The summed E-state index contributed by atoms with van der Waals surface area (Å²) in [6.45, 7) is 6.83. The smallest absolute Gasteiger partial charge is 0.291 e. The van der Waals surface area contributed by atoms with Crippen molar-refractivity contribution in [3.8, 4) is 16.8 Å². The van der Waals surface area contributed by atoms with E-state index in [1.807, 2.05) is 24.8 Å². The van der Waals surface area contributed by atoms with Crippen LogP contribution in [0.5, 0.6) is 0 Å². The Morgan fingerprint density at radius 2 is 2.00 bits per heavy atom. The molecule has 3 aromatic heterocycles. The number of anilines is 1. The molecule has 0 aromatic carbocycles. The Hall–Kier alpha value is -2.77. The Bertz CT molecular complexity index is 1440. The van der Waals surface area contributed by atoms with Gasteiger partial charge in [-0.05, 0) is 32.9 Å². The zero-order valence-corrected chi connectivity index (χ0v) is 21.3. The molecule has 2 aliphatic rings. The number of aromatic nitrogens is 4. The Labute approximate surface area is 210 Å². The molecule has 192 valence electrons. The summed E-state index contributed by atoms with van der Waals surface area (Å²) < 4.78 is 62.8. The molecule has 0 bridgehead atoms. The quantitative estimate of drug-likeness (QED) is 0.482. The highest BCUT2D eigenvalue weighted by molar-refractivity contribution is 7.89. The molecule has 0 radical (unpaired) electrons. The average molecular weight is 539 g/mol. The molecular formula is C21H24F2N8O3S2. The van der Waals surface area contributed by atoms with Crippen molar-refractivity contribution < 1.29 is 21.9 Å². The molecule has 0 amide bonds. The number of imidazole rings is 1. The van der Waals surface area contributed by atoms with Crippen molar-refractivity contribution in [3.05, 3.63) is 23.5 Å². The SMILES string of the molecule is CC1OCC1(C#N)NS(=O)(=O)c1cc(N2C[C@H](C)N[C@@H](C)C2)n2cnc(-c3nnc(C(F)F)s3)c2c1. The molecule has 15 heteroatoms. The molecule has 2 N–H and O–H groups in total. The van der Waals surface area contributed by atoms with Gasteiger partial charge in [0, 0.05) is 25.2 Å². The molecule has 0 saturated carbocycles. The number of nitrogens with one attached hydrogen (secondary N) is 2. The normalized spacial score (nSPS) is 26.8. The second kappa shape index (κ2) is 8.96. The van der Waals surface area contributed by atoms with Gasteiger partial charge in [-0.2, -0.15) is 9.98 Å². The van der Waals surface area contributed by atoms with Gasteiger partial charge in [-0.15, -0.1) is 10.2 Å². The molecule has 0 aliphatic carbocycles. The summed E-state index contributed by atoms with van der Waals surface area (Å²) >= 11 is 0.699. The average Bonchev–Trinajstić information content (AvgIpc) is 3.47. The standard InChI is InChI=1S/C21H24F2N8O3S2/c1-11-6-30(7-12(2)26-11)16-5-14(36(32,33)29-21(8-24)9-34-13(21)3)4-15-17(25-10-31(15)16)19-27-28-20(35-19)18(22)23/h4-5,10-13,18,26,29H,6-7,9H2,1-3H3/t11-,12-,13?,21?/m0/s1. The number of nitrogens with zero attached hydrogens (tertiary/aromatic N) is 6.